The van der Waals surface area contributed by atoms with Gasteiger partial charge in [-0.2, -0.15) is 5.26 Å². The lowest BCUT2D eigenvalue weighted by molar-refractivity contribution is 0.0380. The standard InChI is InChI=1S/C15H21N3O/c1-12-6-7-14(18-13(12)10-16)17-11-15(19)8-4-2-3-5-9-15/h6-7,19H,2-5,8-9,11H2,1H3,(H,17,18). The summed E-state index contributed by atoms with van der Waals surface area (Å²) in [5.74, 6) is 0.667. The van der Waals surface area contributed by atoms with Gasteiger partial charge in [0.25, 0.3) is 0 Å². The number of aryl methyl sites for hydroxylation is 1. The molecule has 1 aromatic heterocycles. The molecule has 1 heterocycles. The summed E-state index contributed by atoms with van der Waals surface area (Å²) >= 11 is 0. The van der Waals surface area contributed by atoms with E-state index in [1.165, 1.54) is 12.8 Å². The van der Waals surface area contributed by atoms with E-state index in [1.807, 2.05) is 19.1 Å². The molecule has 4 heteroatoms. The largest absolute Gasteiger partial charge is 0.388 e. The van der Waals surface area contributed by atoms with E-state index >= 15 is 0 Å². The van der Waals surface area contributed by atoms with Gasteiger partial charge in [0.1, 0.15) is 17.6 Å². The monoisotopic (exact) mass is 259 g/mol. The van der Waals surface area contributed by atoms with Crippen LogP contribution in [0.25, 0.3) is 0 Å². The molecule has 1 aliphatic rings. The van der Waals surface area contributed by atoms with Crippen molar-refractivity contribution in [3.8, 4) is 6.07 Å². The highest BCUT2D eigenvalue weighted by Crippen LogP contribution is 2.27. The topological polar surface area (TPSA) is 68.9 Å². The maximum atomic E-state index is 10.5. The summed E-state index contributed by atoms with van der Waals surface area (Å²) in [6.45, 7) is 2.38. The highest BCUT2D eigenvalue weighted by atomic mass is 16.3. The molecular weight excluding hydrogens is 238 g/mol. The maximum Gasteiger partial charge on any atom is 0.145 e. The van der Waals surface area contributed by atoms with E-state index in [2.05, 4.69) is 16.4 Å². The van der Waals surface area contributed by atoms with E-state index in [1.54, 1.807) is 0 Å². The molecule has 4 nitrogen and oxygen atoms in total. The number of pyridine rings is 1. The average molecular weight is 259 g/mol. The Labute approximate surface area is 114 Å². The van der Waals surface area contributed by atoms with E-state index in [-0.39, 0.29) is 0 Å². The fourth-order valence-electron chi connectivity index (χ4n) is 2.56. The molecule has 1 fully saturated rings. The van der Waals surface area contributed by atoms with Gasteiger partial charge in [-0.05, 0) is 31.4 Å². The minimum atomic E-state index is -0.629. The molecule has 0 amide bonds. The van der Waals surface area contributed by atoms with Crippen LogP contribution in [0.3, 0.4) is 0 Å². The number of hydrogen-bond acceptors (Lipinski definition) is 4. The second-order valence-corrected chi connectivity index (χ2v) is 5.47. The van der Waals surface area contributed by atoms with Gasteiger partial charge in [-0.1, -0.05) is 31.7 Å². The zero-order valence-corrected chi connectivity index (χ0v) is 11.4. The Morgan fingerprint density at radius 3 is 2.63 bits per heavy atom. The van der Waals surface area contributed by atoms with Crippen molar-refractivity contribution in [2.45, 2.75) is 51.0 Å². The molecular formula is C15H21N3O. The lowest BCUT2D eigenvalue weighted by atomic mass is 9.94. The number of rotatable bonds is 3. The number of nitriles is 1. The molecule has 19 heavy (non-hydrogen) atoms. The maximum absolute atomic E-state index is 10.5. The van der Waals surface area contributed by atoms with Crippen molar-refractivity contribution in [1.82, 2.24) is 4.98 Å². The van der Waals surface area contributed by atoms with Crippen molar-refractivity contribution in [2.75, 3.05) is 11.9 Å². The molecule has 0 unspecified atom stereocenters. The third-order valence-electron chi connectivity index (χ3n) is 3.84. The average Bonchev–Trinajstić information content (AvgIpc) is 2.63. The van der Waals surface area contributed by atoms with E-state index < -0.39 is 5.60 Å². The van der Waals surface area contributed by atoms with Crippen LogP contribution in [0.2, 0.25) is 0 Å². The van der Waals surface area contributed by atoms with E-state index in [9.17, 15) is 5.11 Å². The first-order valence-electron chi connectivity index (χ1n) is 6.97. The Bertz CT molecular complexity index is 471. The van der Waals surface area contributed by atoms with Crippen LogP contribution >= 0.6 is 0 Å². The Morgan fingerprint density at radius 2 is 2.00 bits per heavy atom. The molecule has 0 aromatic carbocycles. The van der Waals surface area contributed by atoms with Crippen molar-refractivity contribution in [2.24, 2.45) is 0 Å². The van der Waals surface area contributed by atoms with Gasteiger partial charge in [-0.3, -0.25) is 0 Å². The summed E-state index contributed by atoms with van der Waals surface area (Å²) in [5.41, 5.74) is 0.690. The molecule has 0 aliphatic heterocycles. The predicted octanol–water partition coefficient (Wildman–Crippen LogP) is 2.76. The van der Waals surface area contributed by atoms with Crippen LogP contribution in [-0.2, 0) is 0 Å². The first-order chi connectivity index (χ1) is 9.13. The summed E-state index contributed by atoms with van der Waals surface area (Å²) < 4.78 is 0. The first kappa shape index (κ1) is 13.8. The van der Waals surface area contributed by atoms with Gasteiger partial charge < -0.3 is 10.4 Å². The molecule has 0 saturated heterocycles. The van der Waals surface area contributed by atoms with Gasteiger partial charge in [0.2, 0.25) is 0 Å². The predicted molar refractivity (Wildman–Crippen MR) is 74.8 cm³/mol. The number of aromatic nitrogens is 1. The number of aliphatic hydroxyl groups is 1. The fraction of sp³-hybridized carbons (Fsp3) is 0.600. The summed E-state index contributed by atoms with van der Waals surface area (Å²) in [6.07, 6.45) is 6.28. The Balaban J connectivity index is 2.00. The van der Waals surface area contributed by atoms with Crippen LogP contribution in [0.15, 0.2) is 12.1 Å². The van der Waals surface area contributed by atoms with Crippen molar-refractivity contribution in [3.05, 3.63) is 23.4 Å². The number of hydrogen-bond donors (Lipinski definition) is 2. The highest BCUT2D eigenvalue weighted by molar-refractivity contribution is 5.42. The minimum Gasteiger partial charge on any atom is -0.388 e. The molecule has 0 spiro atoms. The Kier molecular flexibility index (Phi) is 4.39. The van der Waals surface area contributed by atoms with Crippen LogP contribution in [0.1, 0.15) is 49.8 Å². The molecule has 0 radical (unpaired) electrons. The lowest BCUT2D eigenvalue weighted by Gasteiger charge is -2.27. The molecule has 1 saturated carbocycles. The smallest absolute Gasteiger partial charge is 0.145 e. The molecule has 0 atom stereocenters. The van der Waals surface area contributed by atoms with E-state index in [4.69, 9.17) is 5.26 Å². The van der Waals surface area contributed by atoms with Crippen molar-refractivity contribution in [1.29, 1.82) is 5.26 Å². The van der Waals surface area contributed by atoms with Gasteiger partial charge in [-0.15, -0.1) is 0 Å². The number of anilines is 1. The minimum absolute atomic E-state index is 0.442. The molecule has 2 rings (SSSR count). The van der Waals surface area contributed by atoms with Crippen molar-refractivity contribution < 1.29 is 5.11 Å². The Morgan fingerprint density at radius 1 is 1.32 bits per heavy atom. The molecule has 102 valence electrons. The van der Waals surface area contributed by atoms with Crippen LogP contribution in [0.5, 0.6) is 0 Å². The normalized spacial score (nSPS) is 18.4. The molecule has 1 aromatic rings. The first-order valence-corrected chi connectivity index (χ1v) is 6.97. The van der Waals surface area contributed by atoms with Gasteiger partial charge in [0.15, 0.2) is 0 Å². The SMILES string of the molecule is Cc1ccc(NCC2(O)CCCCCC2)nc1C#N. The van der Waals surface area contributed by atoms with Gasteiger partial charge in [-0.25, -0.2) is 4.98 Å². The van der Waals surface area contributed by atoms with Crippen LogP contribution in [0.4, 0.5) is 5.82 Å². The van der Waals surface area contributed by atoms with Crippen LogP contribution in [-0.4, -0.2) is 22.2 Å². The van der Waals surface area contributed by atoms with Crippen molar-refractivity contribution in [3.63, 3.8) is 0 Å². The highest BCUT2D eigenvalue weighted by Gasteiger charge is 2.27. The van der Waals surface area contributed by atoms with Crippen LogP contribution < -0.4 is 5.32 Å². The van der Waals surface area contributed by atoms with Crippen molar-refractivity contribution >= 4 is 5.82 Å². The lowest BCUT2D eigenvalue weighted by Crippen LogP contribution is -2.36. The number of nitrogens with one attached hydrogen (secondary N) is 1. The molecule has 0 bridgehead atoms. The third-order valence-corrected chi connectivity index (χ3v) is 3.84. The van der Waals surface area contributed by atoms with Gasteiger partial charge in [0.05, 0.1) is 5.60 Å². The second kappa shape index (κ2) is 6.03. The van der Waals surface area contributed by atoms with Crippen LogP contribution in [0, 0.1) is 18.3 Å². The summed E-state index contributed by atoms with van der Waals surface area (Å²) in [4.78, 5) is 4.25. The quantitative estimate of drug-likeness (QED) is 0.819. The summed E-state index contributed by atoms with van der Waals surface area (Å²) in [6, 6.07) is 5.82. The van der Waals surface area contributed by atoms with Gasteiger partial charge >= 0.3 is 0 Å². The number of nitrogens with zero attached hydrogens (tertiary/aromatic N) is 2. The Hall–Kier alpha value is -1.60. The van der Waals surface area contributed by atoms with E-state index in [0.29, 0.717) is 18.1 Å². The van der Waals surface area contributed by atoms with E-state index in [0.717, 1.165) is 31.2 Å². The second-order valence-electron chi connectivity index (χ2n) is 5.47. The summed E-state index contributed by atoms with van der Waals surface area (Å²) in [7, 11) is 0. The summed E-state index contributed by atoms with van der Waals surface area (Å²) in [5, 5.41) is 22.7. The van der Waals surface area contributed by atoms with Gasteiger partial charge in [0, 0.05) is 6.54 Å². The fourth-order valence-corrected chi connectivity index (χ4v) is 2.56. The molecule has 1 aliphatic carbocycles. The third kappa shape index (κ3) is 3.68. The zero-order chi connectivity index (χ0) is 13.7. The molecule has 2 N–H and O–H groups in total. The zero-order valence-electron chi connectivity index (χ0n) is 11.4.